The standard InChI is InChI=1S/C11H12N4O/c1-15-11(13-8-14-15)7-10(16)6-9-2-4-12-5-3-9/h2-5,8H,6-7H2,1H3. The molecule has 0 saturated carbocycles. The van der Waals surface area contributed by atoms with Crippen LogP contribution in [-0.2, 0) is 24.7 Å². The number of pyridine rings is 1. The molecule has 5 nitrogen and oxygen atoms in total. The quantitative estimate of drug-likeness (QED) is 0.749. The molecule has 2 aromatic heterocycles. The Balaban J connectivity index is 1.98. The molecule has 0 aliphatic carbocycles. The molecule has 0 unspecified atom stereocenters. The van der Waals surface area contributed by atoms with E-state index in [1.54, 1.807) is 24.1 Å². The summed E-state index contributed by atoms with van der Waals surface area (Å²) in [6.45, 7) is 0. The molecule has 0 saturated heterocycles. The van der Waals surface area contributed by atoms with Crippen molar-refractivity contribution in [3.05, 3.63) is 42.2 Å². The number of hydrogen-bond donors (Lipinski definition) is 0. The predicted molar refractivity (Wildman–Crippen MR) is 57.7 cm³/mol. The van der Waals surface area contributed by atoms with Crippen LogP contribution in [0, 0.1) is 0 Å². The van der Waals surface area contributed by atoms with Crippen LogP contribution in [0.5, 0.6) is 0 Å². The van der Waals surface area contributed by atoms with E-state index in [9.17, 15) is 4.79 Å². The number of carbonyl (C=O) groups excluding carboxylic acids is 1. The Hall–Kier alpha value is -2.04. The van der Waals surface area contributed by atoms with Gasteiger partial charge in [-0.3, -0.25) is 14.5 Å². The van der Waals surface area contributed by atoms with E-state index in [-0.39, 0.29) is 5.78 Å². The summed E-state index contributed by atoms with van der Waals surface area (Å²) in [7, 11) is 1.78. The zero-order chi connectivity index (χ0) is 11.4. The van der Waals surface area contributed by atoms with Gasteiger partial charge >= 0.3 is 0 Å². The lowest BCUT2D eigenvalue weighted by Crippen LogP contribution is -2.11. The summed E-state index contributed by atoms with van der Waals surface area (Å²) < 4.78 is 1.62. The minimum absolute atomic E-state index is 0.127. The Bertz CT molecular complexity index is 478. The fraction of sp³-hybridized carbons (Fsp3) is 0.273. The van der Waals surface area contributed by atoms with Gasteiger partial charge in [0.2, 0.25) is 0 Å². The topological polar surface area (TPSA) is 60.7 Å². The molecule has 0 atom stereocenters. The van der Waals surface area contributed by atoms with Crippen molar-refractivity contribution in [1.29, 1.82) is 0 Å². The molecule has 0 aromatic carbocycles. The van der Waals surface area contributed by atoms with Gasteiger partial charge in [-0.1, -0.05) is 0 Å². The van der Waals surface area contributed by atoms with Crippen molar-refractivity contribution in [3.8, 4) is 0 Å². The van der Waals surface area contributed by atoms with Crippen LogP contribution in [0.15, 0.2) is 30.9 Å². The number of nitrogens with zero attached hydrogens (tertiary/aromatic N) is 4. The van der Waals surface area contributed by atoms with E-state index in [1.165, 1.54) is 6.33 Å². The van der Waals surface area contributed by atoms with Crippen LogP contribution >= 0.6 is 0 Å². The number of ketones is 1. The first kappa shape index (κ1) is 10.5. The molecule has 0 amide bonds. The van der Waals surface area contributed by atoms with Gasteiger partial charge in [0.1, 0.15) is 17.9 Å². The number of rotatable bonds is 4. The molecule has 0 radical (unpaired) electrons. The Labute approximate surface area is 93.2 Å². The second kappa shape index (κ2) is 4.65. The summed E-state index contributed by atoms with van der Waals surface area (Å²) in [6, 6.07) is 3.68. The van der Waals surface area contributed by atoms with E-state index >= 15 is 0 Å². The number of aromatic nitrogens is 4. The molecule has 0 spiro atoms. The van der Waals surface area contributed by atoms with Gasteiger partial charge < -0.3 is 0 Å². The summed E-state index contributed by atoms with van der Waals surface area (Å²) in [6.07, 6.45) is 5.55. The minimum atomic E-state index is 0.127. The molecule has 82 valence electrons. The lowest BCUT2D eigenvalue weighted by Gasteiger charge is -2.00. The third-order valence-corrected chi connectivity index (χ3v) is 2.31. The predicted octanol–water partition coefficient (Wildman–Crippen LogP) is 0.564. The molecule has 2 rings (SSSR count). The lowest BCUT2D eigenvalue weighted by atomic mass is 10.1. The molecule has 0 bridgehead atoms. The summed E-state index contributed by atoms with van der Waals surface area (Å²) in [5.41, 5.74) is 0.974. The average Bonchev–Trinajstić information content (AvgIpc) is 2.66. The zero-order valence-electron chi connectivity index (χ0n) is 9.00. The Morgan fingerprint density at radius 2 is 2.06 bits per heavy atom. The van der Waals surface area contributed by atoms with Crippen LogP contribution in [0.1, 0.15) is 11.4 Å². The van der Waals surface area contributed by atoms with Crippen LogP contribution < -0.4 is 0 Å². The minimum Gasteiger partial charge on any atom is -0.299 e. The largest absolute Gasteiger partial charge is 0.299 e. The zero-order valence-corrected chi connectivity index (χ0v) is 9.00. The lowest BCUT2D eigenvalue weighted by molar-refractivity contribution is -0.117. The van der Waals surface area contributed by atoms with Crippen LogP contribution in [0.3, 0.4) is 0 Å². The highest BCUT2D eigenvalue weighted by Gasteiger charge is 2.08. The Morgan fingerprint density at radius 3 is 2.69 bits per heavy atom. The van der Waals surface area contributed by atoms with Crippen molar-refractivity contribution in [1.82, 2.24) is 19.7 Å². The average molecular weight is 216 g/mol. The second-order valence-corrected chi connectivity index (χ2v) is 3.55. The second-order valence-electron chi connectivity index (χ2n) is 3.55. The van der Waals surface area contributed by atoms with Crippen molar-refractivity contribution < 1.29 is 4.79 Å². The van der Waals surface area contributed by atoms with Gasteiger partial charge in [-0.15, -0.1) is 0 Å². The van der Waals surface area contributed by atoms with Gasteiger partial charge in [0.15, 0.2) is 0 Å². The monoisotopic (exact) mass is 216 g/mol. The molecule has 0 fully saturated rings. The fourth-order valence-electron chi connectivity index (χ4n) is 1.45. The van der Waals surface area contributed by atoms with E-state index in [4.69, 9.17) is 0 Å². The van der Waals surface area contributed by atoms with Gasteiger partial charge in [0, 0.05) is 25.9 Å². The van der Waals surface area contributed by atoms with E-state index < -0.39 is 0 Å². The van der Waals surface area contributed by atoms with Crippen molar-refractivity contribution >= 4 is 5.78 Å². The van der Waals surface area contributed by atoms with Gasteiger partial charge in [-0.25, -0.2) is 4.98 Å². The summed E-state index contributed by atoms with van der Waals surface area (Å²) in [5.74, 6) is 0.821. The van der Waals surface area contributed by atoms with Crippen LogP contribution in [0.2, 0.25) is 0 Å². The molecule has 2 heterocycles. The van der Waals surface area contributed by atoms with E-state index in [0.29, 0.717) is 18.7 Å². The molecular formula is C11H12N4O. The first-order chi connectivity index (χ1) is 7.75. The van der Waals surface area contributed by atoms with E-state index in [0.717, 1.165) is 5.56 Å². The van der Waals surface area contributed by atoms with Crippen LogP contribution in [0.25, 0.3) is 0 Å². The molecule has 0 aliphatic heterocycles. The SMILES string of the molecule is Cn1ncnc1CC(=O)Cc1ccncc1. The maximum atomic E-state index is 11.7. The summed E-state index contributed by atoms with van der Waals surface area (Å²) in [4.78, 5) is 19.7. The van der Waals surface area contributed by atoms with Crippen LogP contribution in [0.4, 0.5) is 0 Å². The van der Waals surface area contributed by atoms with Crippen molar-refractivity contribution in [2.24, 2.45) is 7.05 Å². The maximum absolute atomic E-state index is 11.7. The number of hydrogen-bond acceptors (Lipinski definition) is 4. The smallest absolute Gasteiger partial charge is 0.144 e. The summed E-state index contributed by atoms with van der Waals surface area (Å²) in [5, 5.41) is 3.92. The Kier molecular flexibility index (Phi) is 3.05. The molecular weight excluding hydrogens is 204 g/mol. The molecule has 2 aromatic rings. The first-order valence-corrected chi connectivity index (χ1v) is 4.99. The van der Waals surface area contributed by atoms with E-state index in [2.05, 4.69) is 15.1 Å². The normalized spacial score (nSPS) is 10.3. The van der Waals surface area contributed by atoms with Gasteiger partial charge in [0.05, 0.1) is 6.42 Å². The van der Waals surface area contributed by atoms with Crippen molar-refractivity contribution in [2.45, 2.75) is 12.8 Å². The molecule has 5 heteroatoms. The van der Waals surface area contributed by atoms with Crippen molar-refractivity contribution in [3.63, 3.8) is 0 Å². The summed E-state index contributed by atoms with van der Waals surface area (Å²) >= 11 is 0. The highest BCUT2D eigenvalue weighted by Crippen LogP contribution is 2.02. The third-order valence-electron chi connectivity index (χ3n) is 2.31. The number of Topliss-reactive ketones (excluding diaryl/α,β-unsaturated/α-hetero) is 1. The number of aryl methyl sites for hydroxylation is 1. The number of carbonyl (C=O) groups is 1. The first-order valence-electron chi connectivity index (χ1n) is 4.99. The van der Waals surface area contributed by atoms with Crippen molar-refractivity contribution in [2.75, 3.05) is 0 Å². The van der Waals surface area contributed by atoms with Gasteiger partial charge in [-0.05, 0) is 17.7 Å². The van der Waals surface area contributed by atoms with Gasteiger partial charge in [0.25, 0.3) is 0 Å². The molecule has 16 heavy (non-hydrogen) atoms. The highest BCUT2D eigenvalue weighted by molar-refractivity contribution is 5.82. The molecule has 0 N–H and O–H groups in total. The van der Waals surface area contributed by atoms with Crippen LogP contribution in [-0.4, -0.2) is 25.5 Å². The maximum Gasteiger partial charge on any atom is 0.144 e. The fourth-order valence-corrected chi connectivity index (χ4v) is 1.45. The third kappa shape index (κ3) is 2.50. The Morgan fingerprint density at radius 1 is 1.31 bits per heavy atom. The van der Waals surface area contributed by atoms with Gasteiger partial charge in [-0.2, -0.15) is 5.10 Å². The molecule has 0 aliphatic rings. The highest BCUT2D eigenvalue weighted by atomic mass is 16.1. The van der Waals surface area contributed by atoms with E-state index in [1.807, 2.05) is 12.1 Å².